The maximum Gasteiger partial charge on any atom is 0.314 e. The number of carbonyl (C=O) groups is 1. The number of benzene rings is 2. The average Bonchev–Trinajstić information content (AvgIpc) is 2.77. The van der Waals surface area contributed by atoms with E-state index in [4.69, 9.17) is 4.74 Å². The summed E-state index contributed by atoms with van der Waals surface area (Å²) >= 11 is 0. The van der Waals surface area contributed by atoms with Crippen LogP contribution in [0.1, 0.15) is 62.0 Å². The number of nitrogens with one attached hydrogen (secondary N) is 1. The van der Waals surface area contributed by atoms with Gasteiger partial charge >= 0.3 is 5.97 Å². The van der Waals surface area contributed by atoms with Crippen molar-refractivity contribution in [1.29, 1.82) is 0 Å². The lowest BCUT2D eigenvalue weighted by molar-refractivity contribution is -0.168. The summed E-state index contributed by atoms with van der Waals surface area (Å²) in [5.74, 6) is 0.194. The molecule has 2 aliphatic rings. The van der Waals surface area contributed by atoms with Gasteiger partial charge in [-0.1, -0.05) is 79.9 Å². The van der Waals surface area contributed by atoms with E-state index in [1.54, 1.807) is 0 Å². The van der Waals surface area contributed by atoms with Crippen molar-refractivity contribution in [3.05, 3.63) is 71.8 Å². The highest BCUT2D eigenvalue weighted by molar-refractivity contribution is 5.79. The maximum absolute atomic E-state index is 13.6. The van der Waals surface area contributed by atoms with E-state index >= 15 is 0 Å². The highest BCUT2D eigenvalue weighted by Gasteiger charge is 2.41. The minimum Gasteiger partial charge on any atom is -0.454 e. The minimum atomic E-state index is -0.509. The summed E-state index contributed by atoms with van der Waals surface area (Å²) in [6.45, 7) is 1.75. The van der Waals surface area contributed by atoms with Crippen LogP contribution in [0.5, 0.6) is 0 Å². The number of esters is 1. The first-order valence-electron chi connectivity index (χ1n) is 10.8. The summed E-state index contributed by atoms with van der Waals surface area (Å²) in [6, 6.07) is 20.6. The molecule has 0 radical (unpaired) electrons. The van der Waals surface area contributed by atoms with Crippen molar-refractivity contribution in [2.75, 3.05) is 13.1 Å². The van der Waals surface area contributed by atoms with Crippen LogP contribution in [0, 0.1) is 5.92 Å². The minimum absolute atomic E-state index is 0.0381. The number of hydrogen-bond donors (Lipinski definition) is 1. The molecule has 3 nitrogen and oxygen atoms in total. The monoisotopic (exact) mass is 377 g/mol. The zero-order valence-electron chi connectivity index (χ0n) is 16.6. The van der Waals surface area contributed by atoms with Crippen LogP contribution in [0.15, 0.2) is 60.7 Å². The van der Waals surface area contributed by atoms with Gasteiger partial charge in [0, 0.05) is 12.8 Å². The van der Waals surface area contributed by atoms with Gasteiger partial charge in [-0.15, -0.1) is 0 Å². The quantitative estimate of drug-likeness (QED) is 0.730. The summed E-state index contributed by atoms with van der Waals surface area (Å²) in [4.78, 5) is 13.6. The molecule has 1 aliphatic carbocycles. The lowest BCUT2D eigenvalue weighted by Crippen LogP contribution is -2.44. The van der Waals surface area contributed by atoms with Crippen molar-refractivity contribution in [3.8, 4) is 0 Å². The molecule has 2 fully saturated rings. The van der Waals surface area contributed by atoms with Crippen molar-refractivity contribution in [3.63, 3.8) is 0 Å². The Bertz CT molecular complexity index is 747. The standard InChI is InChI=1S/C25H31NO2/c27-24(23(20-10-4-1-5-11-20)21-12-6-2-7-13-21)28-25(16-18-26-19-17-25)22-14-8-3-9-15-22/h1,3-5,8-11,14-15,21,23,26H,2,6-7,12-13,16-19H2. The number of carbonyl (C=O) groups excluding carboxylic acids is 1. The second kappa shape index (κ2) is 8.91. The smallest absolute Gasteiger partial charge is 0.314 e. The Morgan fingerprint density at radius 3 is 2.14 bits per heavy atom. The second-order valence-corrected chi connectivity index (χ2v) is 8.32. The first kappa shape index (κ1) is 19.2. The highest BCUT2D eigenvalue weighted by Crippen LogP contribution is 2.41. The molecule has 1 saturated carbocycles. The van der Waals surface area contributed by atoms with Crippen LogP contribution in [-0.4, -0.2) is 19.1 Å². The Labute approximate surface area is 168 Å². The van der Waals surface area contributed by atoms with Gasteiger partial charge in [0.25, 0.3) is 0 Å². The average molecular weight is 378 g/mol. The molecule has 2 aromatic rings. The van der Waals surface area contributed by atoms with E-state index in [2.05, 4.69) is 29.6 Å². The number of ether oxygens (including phenoxy) is 1. The normalized spacial score (nSPS) is 21.0. The van der Waals surface area contributed by atoms with Gasteiger partial charge in [-0.2, -0.15) is 0 Å². The first-order valence-corrected chi connectivity index (χ1v) is 10.8. The van der Waals surface area contributed by atoms with Crippen LogP contribution < -0.4 is 5.32 Å². The first-order chi connectivity index (χ1) is 13.8. The van der Waals surface area contributed by atoms with Gasteiger partial charge in [-0.3, -0.25) is 4.79 Å². The van der Waals surface area contributed by atoms with Crippen molar-refractivity contribution >= 4 is 5.97 Å². The predicted octanol–water partition coefficient (Wildman–Crippen LogP) is 5.17. The summed E-state index contributed by atoms with van der Waals surface area (Å²) in [5.41, 5.74) is 1.72. The molecule has 3 heteroatoms. The molecule has 1 saturated heterocycles. The van der Waals surface area contributed by atoms with Crippen molar-refractivity contribution in [2.45, 2.75) is 56.5 Å². The van der Waals surface area contributed by atoms with Crippen molar-refractivity contribution in [1.82, 2.24) is 5.32 Å². The van der Waals surface area contributed by atoms with E-state index in [1.165, 1.54) is 19.3 Å². The van der Waals surface area contributed by atoms with E-state index in [1.807, 2.05) is 36.4 Å². The molecule has 0 aromatic heterocycles. The third-order valence-corrected chi connectivity index (χ3v) is 6.54. The topological polar surface area (TPSA) is 38.3 Å². The van der Waals surface area contributed by atoms with E-state index in [0.717, 1.165) is 49.9 Å². The van der Waals surface area contributed by atoms with Gasteiger partial charge in [0.1, 0.15) is 5.60 Å². The summed E-state index contributed by atoms with van der Waals surface area (Å²) < 4.78 is 6.46. The molecule has 1 aliphatic heterocycles. The molecular weight excluding hydrogens is 346 g/mol. The predicted molar refractivity (Wildman–Crippen MR) is 112 cm³/mol. The molecule has 0 amide bonds. The molecule has 0 bridgehead atoms. The molecule has 1 atom stereocenters. The van der Waals surface area contributed by atoms with Gasteiger partial charge in [0.2, 0.25) is 0 Å². The van der Waals surface area contributed by atoms with Crippen LogP contribution in [0.3, 0.4) is 0 Å². The number of piperidine rings is 1. The van der Waals surface area contributed by atoms with Crippen LogP contribution in [0.25, 0.3) is 0 Å². The third-order valence-electron chi connectivity index (χ3n) is 6.54. The van der Waals surface area contributed by atoms with Gasteiger partial charge in [0.05, 0.1) is 5.92 Å². The zero-order valence-corrected chi connectivity index (χ0v) is 16.6. The molecule has 4 rings (SSSR count). The SMILES string of the molecule is O=C(OC1(c2ccccc2)CCNCC1)C(c1ccccc1)C1CCCCC1. The Balaban J connectivity index is 1.63. The fourth-order valence-electron chi connectivity index (χ4n) is 5.01. The van der Waals surface area contributed by atoms with Crippen LogP contribution in [0.4, 0.5) is 0 Å². The summed E-state index contributed by atoms with van der Waals surface area (Å²) in [7, 11) is 0. The summed E-state index contributed by atoms with van der Waals surface area (Å²) in [6.07, 6.45) is 7.61. The molecule has 1 unspecified atom stereocenters. The lowest BCUT2D eigenvalue weighted by atomic mass is 9.76. The molecule has 2 aromatic carbocycles. The van der Waals surface area contributed by atoms with Gasteiger partial charge in [-0.05, 0) is 43.0 Å². The lowest BCUT2D eigenvalue weighted by Gasteiger charge is -2.40. The van der Waals surface area contributed by atoms with Crippen LogP contribution in [-0.2, 0) is 15.1 Å². The Kier molecular flexibility index (Phi) is 6.11. The maximum atomic E-state index is 13.6. The molecule has 1 heterocycles. The van der Waals surface area contributed by atoms with Crippen molar-refractivity contribution < 1.29 is 9.53 Å². The van der Waals surface area contributed by atoms with Crippen molar-refractivity contribution in [2.24, 2.45) is 5.92 Å². The van der Waals surface area contributed by atoms with Gasteiger partial charge < -0.3 is 10.1 Å². The van der Waals surface area contributed by atoms with E-state index in [9.17, 15) is 4.79 Å². The van der Waals surface area contributed by atoms with Gasteiger partial charge in [0.15, 0.2) is 0 Å². The van der Waals surface area contributed by atoms with Crippen LogP contribution in [0.2, 0.25) is 0 Å². The molecule has 1 N–H and O–H groups in total. The summed E-state index contributed by atoms with van der Waals surface area (Å²) in [5, 5.41) is 3.42. The Morgan fingerprint density at radius 2 is 1.50 bits per heavy atom. The van der Waals surface area contributed by atoms with E-state index in [-0.39, 0.29) is 11.9 Å². The molecular formula is C25H31NO2. The number of hydrogen-bond acceptors (Lipinski definition) is 3. The Morgan fingerprint density at radius 1 is 0.893 bits per heavy atom. The fourth-order valence-corrected chi connectivity index (χ4v) is 5.01. The largest absolute Gasteiger partial charge is 0.454 e. The third kappa shape index (κ3) is 4.15. The molecule has 148 valence electrons. The number of rotatable bonds is 5. The Hall–Kier alpha value is -2.13. The fraction of sp³-hybridized carbons (Fsp3) is 0.480. The van der Waals surface area contributed by atoms with Crippen LogP contribution >= 0.6 is 0 Å². The van der Waals surface area contributed by atoms with E-state index < -0.39 is 5.60 Å². The van der Waals surface area contributed by atoms with E-state index in [0.29, 0.717) is 5.92 Å². The molecule has 28 heavy (non-hydrogen) atoms. The molecule has 0 spiro atoms. The highest BCUT2D eigenvalue weighted by atomic mass is 16.6. The van der Waals surface area contributed by atoms with Gasteiger partial charge in [-0.25, -0.2) is 0 Å². The second-order valence-electron chi connectivity index (χ2n) is 8.32. The zero-order chi connectivity index (χ0) is 19.2.